The van der Waals surface area contributed by atoms with Crippen molar-refractivity contribution in [1.82, 2.24) is 9.97 Å². The van der Waals surface area contributed by atoms with Crippen molar-refractivity contribution in [1.29, 1.82) is 0 Å². The summed E-state index contributed by atoms with van der Waals surface area (Å²) in [5.74, 6) is 0.319. The highest BCUT2D eigenvalue weighted by molar-refractivity contribution is 7.13. The van der Waals surface area contributed by atoms with Crippen LogP contribution in [0.25, 0.3) is 21.8 Å². The Hall–Kier alpha value is -3.22. The third-order valence-corrected chi connectivity index (χ3v) is 5.72. The molecule has 2 aromatic carbocycles. The second-order valence-electron chi connectivity index (χ2n) is 7.38. The number of benzene rings is 2. The summed E-state index contributed by atoms with van der Waals surface area (Å²) in [4.78, 5) is 21.6. The number of nitrogens with one attached hydrogen (secondary N) is 1. The van der Waals surface area contributed by atoms with Crippen LogP contribution in [0, 0.1) is 0 Å². The maximum atomic E-state index is 12.9. The number of carbonyl (C=O) groups excluding carboxylic acids is 1. The largest absolute Gasteiger partial charge is 0.478 e. The van der Waals surface area contributed by atoms with Crippen molar-refractivity contribution in [3.05, 3.63) is 83.5 Å². The smallest absolute Gasteiger partial charge is 0.267 e. The molecule has 0 radical (unpaired) electrons. The normalized spacial score (nSPS) is 11.2. The number of hydrogen-bond donors (Lipinski definition) is 1. The maximum Gasteiger partial charge on any atom is 0.267 e. The van der Waals surface area contributed by atoms with Gasteiger partial charge < -0.3 is 10.1 Å². The molecule has 1 amide bonds. The molecule has 2 heterocycles. The molecule has 0 aliphatic heterocycles. The van der Waals surface area contributed by atoms with E-state index in [4.69, 9.17) is 21.3 Å². The summed E-state index contributed by atoms with van der Waals surface area (Å²) < 4.78 is 5.87. The van der Waals surface area contributed by atoms with Crippen LogP contribution in [0.5, 0.6) is 5.75 Å². The number of anilines is 1. The summed E-state index contributed by atoms with van der Waals surface area (Å²) in [6.07, 6.45) is 3.50. The Bertz CT molecular complexity index is 1190. The number of thiazole rings is 1. The number of ether oxygens (including phenoxy) is 1. The molecule has 0 unspecified atom stereocenters. The lowest BCUT2D eigenvalue weighted by molar-refractivity contribution is -0.128. The molecule has 0 saturated carbocycles. The van der Waals surface area contributed by atoms with Crippen LogP contribution in [0.2, 0.25) is 5.02 Å². The number of aromatic nitrogens is 2. The molecule has 5 nitrogen and oxygen atoms in total. The predicted octanol–water partition coefficient (Wildman–Crippen LogP) is 6.32. The maximum absolute atomic E-state index is 12.9. The van der Waals surface area contributed by atoms with Crippen molar-refractivity contribution in [2.24, 2.45) is 0 Å². The molecule has 1 N–H and O–H groups in total. The first kappa shape index (κ1) is 21.0. The van der Waals surface area contributed by atoms with Crippen molar-refractivity contribution in [2.45, 2.75) is 19.4 Å². The van der Waals surface area contributed by atoms with E-state index in [1.165, 1.54) is 0 Å². The van der Waals surface area contributed by atoms with E-state index in [1.807, 2.05) is 41.8 Å². The Morgan fingerprint density at radius 3 is 2.52 bits per heavy atom. The van der Waals surface area contributed by atoms with Gasteiger partial charge in [-0.3, -0.25) is 9.78 Å². The minimum absolute atomic E-state index is 0.254. The molecule has 31 heavy (non-hydrogen) atoms. The van der Waals surface area contributed by atoms with Gasteiger partial charge in [0, 0.05) is 39.6 Å². The van der Waals surface area contributed by atoms with E-state index >= 15 is 0 Å². The molecule has 0 fully saturated rings. The van der Waals surface area contributed by atoms with E-state index in [0.29, 0.717) is 16.5 Å². The average Bonchev–Trinajstić information content (AvgIpc) is 3.26. The van der Waals surface area contributed by atoms with E-state index < -0.39 is 5.60 Å². The predicted molar refractivity (Wildman–Crippen MR) is 126 cm³/mol. The summed E-state index contributed by atoms with van der Waals surface area (Å²) in [5, 5.41) is 6.48. The molecule has 0 saturated heterocycles. The number of carbonyl (C=O) groups is 1. The first-order valence-electron chi connectivity index (χ1n) is 9.63. The van der Waals surface area contributed by atoms with Crippen molar-refractivity contribution in [3.63, 3.8) is 0 Å². The zero-order valence-electron chi connectivity index (χ0n) is 17.0. The second kappa shape index (κ2) is 8.88. The lowest BCUT2D eigenvalue weighted by Crippen LogP contribution is -2.42. The van der Waals surface area contributed by atoms with E-state index in [2.05, 4.69) is 10.3 Å². The number of amides is 1. The molecule has 4 aromatic rings. The Morgan fingerprint density at radius 2 is 1.77 bits per heavy atom. The van der Waals surface area contributed by atoms with Crippen LogP contribution in [0.4, 0.5) is 5.69 Å². The molecule has 2 aromatic heterocycles. The first-order chi connectivity index (χ1) is 14.9. The quantitative estimate of drug-likeness (QED) is 0.374. The van der Waals surface area contributed by atoms with Crippen molar-refractivity contribution < 1.29 is 9.53 Å². The summed E-state index contributed by atoms with van der Waals surface area (Å²) in [5.41, 5.74) is 2.40. The van der Waals surface area contributed by atoms with E-state index in [9.17, 15) is 4.79 Å². The van der Waals surface area contributed by atoms with Crippen LogP contribution in [-0.2, 0) is 4.79 Å². The van der Waals surface area contributed by atoms with Gasteiger partial charge in [-0.1, -0.05) is 23.7 Å². The van der Waals surface area contributed by atoms with Crippen LogP contribution in [0.3, 0.4) is 0 Å². The number of rotatable bonds is 6. The van der Waals surface area contributed by atoms with Gasteiger partial charge in [0.1, 0.15) is 10.8 Å². The Kier molecular flexibility index (Phi) is 6.02. The van der Waals surface area contributed by atoms with Gasteiger partial charge in [-0.25, -0.2) is 4.98 Å². The van der Waals surface area contributed by atoms with Crippen LogP contribution in [0.1, 0.15) is 13.8 Å². The molecule has 0 atom stereocenters. The topological polar surface area (TPSA) is 64.1 Å². The molecule has 0 spiro atoms. The van der Waals surface area contributed by atoms with Gasteiger partial charge in [0.05, 0.1) is 5.69 Å². The zero-order chi connectivity index (χ0) is 21.8. The highest BCUT2D eigenvalue weighted by Crippen LogP contribution is 2.30. The molecule has 0 aliphatic carbocycles. The fraction of sp³-hybridized carbons (Fsp3) is 0.125. The summed E-state index contributed by atoms with van der Waals surface area (Å²) in [6.45, 7) is 3.45. The minimum atomic E-state index is -1.07. The second-order valence-corrected chi connectivity index (χ2v) is 8.67. The van der Waals surface area contributed by atoms with E-state index in [1.54, 1.807) is 61.8 Å². The summed E-state index contributed by atoms with van der Waals surface area (Å²) in [7, 11) is 0. The fourth-order valence-corrected chi connectivity index (χ4v) is 3.88. The Morgan fingerprint density at radius 1 is 1.03 bits per heavy atom. The number of hydrogen-bond acceptors (Lipinski definition) is 5. The van der Waals surface area contributed by atoms with Gasteiger partial charge in [-0.05, 0) is 62.4 Å². The average molecular weight is 450 g/mol. The third kappa shape index (κ3) is 5.10. The van der Waals surface area contributed by atoms with Crippen molar-refractivity contribution >= 4 is 34.5 Å². The monoisotopic (exact) mass is 449 g/mol. The SMILES string of the molecule is CC(C)(Oc1ccc(Cl)cc1)C(=O)Nc1cccc(-c2csc(-c3ccncc3)n2)c1. The van der Waals surface area contributed by atoms with Crippen molar-refractivity contribution in [3.8, 4) is 27.6 Å². The molecule has 7 heteroatoms. The molecular formula is C24H20ClN3O2S. The van der Waals surface area contributed by atoms with E-state index in [0.717, 1.165) is 21.8 Å². The Labute approximate surface area is 189 Å². The third-order valence-electron chi connectivity index (χ3n) is 4.58. The molecular weight excluding hydrogens is 430 g/mol. The van der Waals surface area contributed by atoms with Crippen LogP contribution in [0.15, 0.2) is 78.4 Å². The first-order valence-corrected chi connectivity index (χ1v) is 10.9. The van der Waals surface area contributed by atoms with Gasteiger partial charge in [0.2, 0.25) is 0 Å². The molecule has 0 bridgehead atoms. The zero-order valence-corrected chi connectivity index (χ0v) is 18.6. The van der Waals surface area contributed by atoms with Crippen LogP contribution >= 0.6 is 22.9 Å². The number of pyridine rings is 1. The van der Waals surface area contributed by atoms with Gasteiger partial charge >= 0.3 is 0 Å². The van der Waals surface area contributed by atoms with Gasteiger partial charge in [-0.15, -0.1) is 11.3 Å². The van der Waals surface area contributed by atoms with Gasteiger partial charge in [0.15, 0.2) is 5.60 Å². The lowest BCUT2D eigenvalue weighted by atomic mass is 10.1. The minimum Gasteiger partial charge on any atom is -0.478 e. The van der Waals surface area contributed by atoms with E-state index in [-0.39, 0.29) is 5.91 Å². The van der Waals surface area contributed by atoms with Crippen LogP contribution in [-0.4, -0.2) is 21.5 Å². The van der Waals surface area contributed by atoms with Crippen molar-refractivity contribution in [2.75, 3.05) is 5.32 Å². The fourth-order valence-electron chi connectivity index (χ4n) is 2.91. The standard InChI is InChI=1S/C24H20ClN3O2S/c1-24(2,30-20-8-6-18(25)7-9-20)23(29)27-19-5-3-4-17(14-19)21-15-31-22(28-21)16-10-12-26-13-11-16/h3-15H,1-2H3,(H,27,29). The highest BCUT2D eigenvalue weighted by Gasteiger charge is 2.30. The molecule has 156 valence electrons. The number of nitrogens with zero attached hydrogens (tertiary/aromatic N) is 2. The van der Waals surface area contributed by atoms with Gasteiger partial charge in [0.25, 0.3) is 5.91 Å². The lowest BCUT2D eigenvalue weighted by Gasteiger charge is -2.25. The Balaban J connectivity index is 1.49. The molecule has 4 rings (SSSR count). The molecule has 0 aliphatic rings. The van der Waals surface area contributed by atoms with Gasteiger partial charge in [-0.2, -0.15) is 0 Å². The number of halogens is 1. The van der Waals surface area contributed by atoms with Crippen LogP contribution < -0.4 is 10.1 Å². The highest BCUT2D eigenvalue weighted by atomic mass is 35.5. The summed E-state index contributed by atoms with van der Waals surface area (Å²) >= 11 is 7.48. The summed E-state index contributed by atoms with van der Waals surface area (Å²) in [6, 6.07) is 18.4.